The highest BCUT2D eigenvalue weighted by Gasteiger charge is 2.46. The third-order valence-electron chi connectivity index (χ3n) is 5.56. The van der Waals surface area contributed by atoms with Gasteiger partial charge in [-0.15, -0.1) is 0 Å². The van der Waals surface area contributed by atoms with Gasteiger partial charge in [0.25, 0.3) is 5.91 Å². The molecule has 1 fully saturated rings. The molecule has 1 saturated carbocycles. The van der Waals surface area contributed by atoms with E-state index in [4.69, 9.17) is 9.47 Å². The summed E-state index contributed by atoms with van der Waals surface area (Å²) in [7, 11) is 1.25. The van der Waals surface area contributed by atoms with Crippen molar-refractivity contribution >= 4 is 17.8 Å². The monoisotopic (exact) mass is 393 g/mol. The van der Waals surface area contributed by atoms with Crippen molar-refractivity contribution in [3.63, 3.8) is 0 Å². The van der Waals surface area contributed by atoms with Crippen LogP contribution in [0.1, 0.15) is 51.5 Å². The molecule has 6 nitrogen and oxygen atoms in total. The minimum absolute atomic E-state index is 0.133. The Morgan fingerprint density at radius 1 is 1.21 bits per heavy atom. The third-order valence-corrected chi connectivity index (χ3v) is 5.56. The number of ether oxygens (including phenoxy) is 2. The smallest absolute Gasteiger partial charge is 0.328 e. The third kappa shape index (κ3) is 4.69. The molecule has 0 spiro atoms. The van der Waals surface area contributed by atoms with E-state index in [9.17, 15) is 18.8 Å². The van der Waals surface area contributed by atoms with Crippen LogP contribution in [0.15, 0.2) is 24.3 Å². The van der Waals surface area contributed by atoms with Crippen LogP contribution in [0.25, 0.3) is 0 Å². The molecule has 0 aliphatic heterocycles. The first-order chi connectivity index (χ1) is 13.4. The molecule has 1 aromatic carbocycles. The highest BCUT2D eigenvalue weighted by Crippen LogP contribution is 2.43. The second-order valence-electron chi connectivity index (χ2n) is 7.30. The second kappa shape index (κ2) is 9.66. The lowest BCUT2D eigenvalue weighted by molar-refractivity contribution is -0.155. The van der Waals surface area contributed by atoms with Crippen molar-refractivity contribution in [1.29, 1.82) is 0 Å². The summed E-state index contributed by atoms with van der Waals surface area (Å²) in [4.78, 5) is 37.0. The maximum atomic E-state index is 14.3. The molecule has 0 aromatic heterocycles. The van der Waals surface area contributed by atoms with E-state index in [2.05, 4.69) is 5.32 Å². The van der Waals surface area contributed by atoms with Gasteiger partial charge < -0.3 is 14.8 Å². The Kier molecular flexibility index (Phi) is 7.54. The Balaban J connectivity index is 2.06. The molecule has 0 bridgehead atoms. The Hall–Kier alpha value is -2.44. The number of nitrogens with one attached hydrogen (secondary N) is 1. The molecule has 1 N–H and O–H groups in total. The summed E-state index contributed by atoms with van der Waals surface area (Å²) in [5.74, 6) is -2.33. The molecule has 2 rings (SSSR count). The van der Waals surface area contributed by atoms with Gasteiger partial charge in [-0.1, -0.05) is 51.3 Å². The number of halogens is 1. The van der Waals surface area contributed by atoms with Crippen LogP contribution in [-0.4, -0.2) is 37.6 Å². The molecule has 0 unspecified atom stereocenters. The van der Waals surface area contributed by atoms with E-state index in [-0.39, 0.29) is 5.92 Å². The van der Waals surface area contributed by atoms with Crippen molar-refractivity contribution in [1.82, 2.24) is 5.32 Å². The van der Waals surface area contributed by atoms with Gasteiger partial charge in [-0.2, -0.15) is 0 Å². The summed E-state index contributed by atoms with van der Waals surface area (Å²) in [5, 5.41) is 2.56. The molecule has 0 heterocycles. The van der Waals surface area contributed by atoms with Crippen molar-refractivity contribution in [2.75, 3.05) is 13.7 Å². The van der Waals surface area contributed by atoms with E-state index in [1.165, 1.54) is 13.2 Å². The lowest BCUT2D eigenvalue weighted by Gasteiger charge is -2.28. The summed E-state index contributed by atoms with van der Waals surface area (Å²) in [5.41, 5.74) is -0.755. The quantitative estimate of drug-likeness (QED) is 0.687. The number of rotatable bonds is 8. The van der Waals surface area contributed by atoms with Crippen molar-refractivity contribution < 1.29 is 28.2 Å². The highest BCUT2D eigenvalue weighted by molar-refractivity contribution is 5.89. The van der Waals surface area contributed by atoms with Crippen LogP contribution in [0.2, 0.25) is 0 Å². The zero-order chi connectivity index (χ0) is 20.7. The lowest BCUT2D eigenvalue weighted by Crippen LogP contribution is -2.47. The molecule has 0 radical (unpaired) electrons. The van der Waals surface area contributed by atoms with Crippen LogP contribution in [0.4, 0.5) is 4.39 Å². The number of esters is 2. The maximum Gasteiger partial charge on any atom is 0.328 e. The fraction of sp³-hybridized carbons (Fsp3) is 0.571. The molecule has 1 aliphatic carbocycles. The first-order valence-corrected chi connectivity index (χ1v) is 9.65. The van der Waals surface area contributed by atoms with Gasteiger partial charge in [-0.05, 0) is 24.8 Å². The number of methoxy groups -OCH3 is 1. The van der Waals surface area contributed by atoms with Crippen molar-refractivity contribution in [3.05, 3.63) is 35.6 Å². The Morgan fingerprint density at radius 2 is 1.86 bits per heavy atom. The number of carbonyl (C=O) groups is 3. The SMILES string of the molecule is CC[C@H](C)[C@@H](NC(=O)COC(=O)C1(c2ccccc2F)CCCC1)C(=O)OC. The van der Waals surface area contributed by atoms with Crippen LogP contribution in [-0.2, 0) is 29.3 Å². The topological polar surface area (TPSA) is 81.7 Å². The van der Waals surface area contributed by atoms with E-state index in [0.717, 1.165) is 12.8 Å². The zero-order valence-electron chi connectivity index (χ0n) is 16.6. The molecule has 1 aromatic rings. The fourth-order valence-corrected chi connectivity index (χ4v) is 3.69. The molecule has 1 amide bonds. The van der Waals surface area contributed by atoms with Crippen LogP contribution in [0.5, 0.6) is 0 Å². The standard InChI is InChI=1S/C21H28FNO5/c1-4-14(2)18(19(25)27-3)23-17(24)13-28-20(26)21(11-7-8-12-21)15-9-5-6-10-16(15)22/h5-6,9-10,14,18H,4,7-8,11-13H2,1-3H3,(H,23,24)/t14-,18+/m0/s1. The molecule has 0 saturated heterocycles. The Labute approximate surface area is 164 Å². The van der Waals surface area contributed by atoms with Gasteiger partial charge in [0.2, 0.25) is 0 Å². The van der Waals surface area contributed by atoms with Crippen molar-refractivity contribution in [2.24, 2.45) is 5.92 Å². The first-order valence-electron chi connectivity index (χ1n) is 9.65. The summed E-state index contributed by atoms with van der Waals surface area (Å²) < 4.78 is 24.3. The first kappa shape index (κ1) is 21.9. The van der Waals surface area contributed by atoms with Crippen molar-refractivity contribution in [2.45, 2.75) is 57.4 Å². The van der Waals surface area contributed by atoms with Gasteiger partial charge in [0.1, 0.15) is 11.9 Å². The molecule has 2 atom stereocenters. The number of benzene rings is 1. The van der Waals surface area contributed by atoms with Gasteiger partial charge in [0.05, 0.1) is 12.5 Å². The Morgan fingerprint density at radius 3 is 2.43 bits per heavy atom. The number of amides is 1. The molecular weight excluding hydrogens is 365 g/mol. The van der Waals surface area contributed by atoms with E-state index in [0.29, 0.717) is 24.8 Å². The average molecular weight is 393 g/mol. The molecular formula is C21H28FNO5. The second-order valence-corrected chi connectivity index (χ2v) is 7.30. The minimum Gasteiger partial charge on any atom is -0.467 e. The zero-order valence-corrected chi connectivity index (χ0v) is 16.6. The summed E-state index contributed by atoms with van der Waals surface area (Å²) in [6, 6.07) is 5.36. The van der Waals surface area contributed by atoms with Gasteiger partial charge in [0.15, 0.2) is 6.61 Å². The van der Waals surface area contributed by atoms with E-state index < -0.39 is 41.7 Å². The van der Waals surface area contributed by atoms with Crippen molar-refractivity contribution in [3.8, 4) is 0 Å². The summed E-state index contributed by atoms with van der Waals surface area (Å²) >= 11 is 0. The number of carbonyl (C=O) groups excluding carboxylic acids is 3. The molecule has 1 aliphatic rings. The van der Waals surface area contributed by atoms with Gasteiger partial charge >= 0.3 is 11.9 Å². The molecule has 154 valence electrons. The van der Waals surface area contributed by atoms with Gasteiger partial charge in [-0.25, -0.2) is 9.18 Å². The maximum absolute atomic E-state index is 14.3. The van der Waals surface area contributed by atoms with E-state index >= 15 is 0 Å². The van der Waals surface area contributed by atoms with E-state index in [1.807, 2.05) is 13.8 Å². The minimum atomic E-state index is -1.07. The number of hydrogen-bond donors (Lipinski definition) is 1. The molecule has 28 heavy (non-hydrogen) atoms. The Bertz CT molecular complexity index is 715. The molecule has 7 heteroatoms. The summed E-state index contributed by atoms with van der Waals surface area (Å²) in [6.07, 6.45) is 3.19. The van der Waals surface area contributed by atoms with Crippen LogP contribution in [0, 0.1) is 11.7 Å². The summed E-state index contributed by atoms with van der Waals surface area (Å²) in [6.45, 7) is 3.18. The predicted octanol–water partition coefficient (Wildman–Crippen LogP) is 2.88. The van der Waals surface area contributed by atoms with Crippen LogP contribution >= 0.6 is 0 Å². The van der Waals surface area contributed by atoms with E-state index in [1.54, 1.807) is 18.2 Å². The number of hydrogen-bond acceptors (Lipinski definition) is 5. The van der Waals surface area contributed by atoms with Crippen LogP contribution in [0.3, 0.4) is 0 Å². The van der Waals surface area contributed by atoms with Gasteiger partial charge in [0, 0.05) is 5.56 Å². The largest absolute Gasteiger partial charge is 0.467 e. The predicted molar refractivity (Wildman–Crippen MR) is 101 cm³/mol. The fourth-order valence-electron chi connectivity index (χ4n) is 3.69. The van der Waals surface area contributed by atoms with Gasteiger partial charge in [-0.3, -0.25) is 9.59 Å². The average Bonchev–Trinajstić information content (AvgIpc) is 3.20. The lowest BCUT2D eigenvalue weighted by atomic mass is 9.78. The normalized spacial score (nSPS) is 17.4. The highest BCUT2D eigenvalue weighted by atomic mass is 19.1. The van der Waals surface area contributed by atoms with Crippen LogP contribution < -0.4 is 5.32 Å².